The number of benzene rings is 2. The molecule has 168 valence electrons. The molecule has 0 saturated carbocycles. The second-order valence-electron chi connectivity index (χ2n) is 7.98. The molecule has 1 amide bonds. The number of carbonyl (C=O) groups excluding carboxylic acids is 1. The Morgan fingerprint density at radius 2 is 1.70 bits per heavy atom. The summed E-state index contributed by atoms with van der Waals surface area (Å²) < 4.78 is 29.2. The molecule has 8 nitrogen and oxygen atoms in total. The molecule has 33 heavy (non-hydrogen) atoms. The van der Waals surface area contributed by atoms with Crippen molar-refractivity contribution in [3.05, 3.63) is 90.4 Å². The maximum absolute atomic E-state index is 13.3. The van der Waals surface area contributed by atoms with Gasteiger partial charge in [-0.2, -0.15) is 0 Å². The fraction of sp³-hybridized carbons (Fsp3) is 0.208. The van der Waals surface area contributed by atoms with Crippen molar-refractivity contribution in [2.45, 2.75) is 23.8 Å². The van der Waals surface area contributed by atoms with E-state index in [1.54, 1.807) is 41.3 Å². The minimum atomic E-state index is -3.74. The monoisotopic (exact) mass is 461 g/mol. The number of likely N-dealkylation sites (tertiary alicyclic amines) is 1. The van der Waals surface area contributed by atoms with Crippen molar-refractivity contribution >= 4 is 27.3 Å². The Morgan fingerprint density at radius 3 is 2.45 bits per heavy atom. The molecule has 0 aliphatic carbocycles. The Kier molecular flexibility index (Phi) is 5.33. The van der Waals surface area contributed by atoms with Crippen molar-refractivity contribution in [1.29, 1.82) is 0 Å². The summed E-state index contributed by atoms with van der Waals surface area (Å²) in [6.45, 7) is 0.613. The van der Waals surface area contributed by atoms with Crippen LogP contribution in [0.3, 0.4) is 0 Å². The van der Waals surface area contributed by atoms with Gasteiger partial charge in [-0.05, 0) is 61.4 Å². The molecule has 9 heteroatoms. The average molecular weight is 462 g/mol. The lowest BCUT2D eigenvalue weighted by Gasteiger charge is -2.24. The molecule has 3 heterocycles. The summed E-state index contributed by atoms with van der Waals surface area (Å²) in [5.74, 6) is 0.589. The van der Waals surface area contributed by atoms with E-state index in [1.165, 1.54) is 23.5 Å². The number of aromatic nitrogens is 3. The number of pyridine rings is 1. The van der Waals surface area contributed by atoms with Gasteiger partial charge in [-0.15, -0.1) is 10.2 Å². The highest BCUT2D eigenvalue weighted by Crippen LogP contribution is 2.32. The van der Waals surface area contributed by atoms with E-state index in [4.69, 9.17) is 0 Å². The SMILES string of the molecule is CN(c1ccccc1)S(=O)(=O)c1ccc(C(=O)N2CCC[C@H]2c2nnc3ccccn23)cc1. The fourth-order valence-corrected chi connectivity index (χ4v) is 5.43. The van der Waals surface area contributed by atoms with Crippen LogP contribution in [0.25, 0.3) is 5.65 Å². The summed E-state index contributed by atoms with van der Waals surface area (Å²) in [5, 5.41) is 8.55. The Morgan fingerprint density at radius 1 is 0.970 bits per heavy atom. The van der Waals surface area contributed by atoms with Crippen molar-refractivity contribution in [3.63, 3.8) is 0 Å². The van der Waals surface area contributed by atoms with E-state index < -0.39 is 10.0 Å². The third-order valence-corrected chi connectivity index (χ3v) is 7.83. The van der Waals surface area contributed by atoms with Crippen LogP contribution in [-0.2, 0) is 10.0 Å². The topological polar surface area (TPSA) is 87.9 Å². The van der Waals surface area contributed by atoms with Crippen LogP contribution < -0.4 is 4.31 Å². The number of fused-ring (bicyclic) bond motifs is 1. The van der Waals surface area contributed by atoms with Crippen molar-refractivity contribution in [1.82, 2.24) is 19.5 Å². The van der Waals surface area contributed by atoms with E-state index in [-0.39, 0.29) is 16.8 Å². The lowest BCUT2D eigenvalue weighted by Crippen LogP contribution is -2.31. The first-order valence-corrected chi connectivity index (χ1v) is 12.2. The summed E-state index contributed by atoms with van der Waals surface area (Å²) in [6, 6.07) is 20.5. The van der Waals surface area contributed by atoms with Gasteiger partial charge >= 0.3 is 0 Å². The zero-order valence-corrected chi connectivity index (χ0v) is 18.9. The van der Waals surface area contributed by atoms with Gasteiger partial charge in [-0.1, -0.05) is 24.3 Å². The summed E-state index contributed by atoms with van der Waals surface area (Å²) in [6.07, 6.45) is 3.57. The Bertz CT molecular complexity index is 1400. The molecule has 1 atom stereocenters. The summed E-state index contributed by atoms with van der Waals surface area (Å²) in [5.41, 5.74) is 1.75. The normalized spacial score (nSPS) is 16.3. The van der Waals surface area contributed by atoms with Crippen LogP contribution in [0.1, 0.15) is 35.1 Å². The lowest BCUT2D eigenvalue weighted by molar-refractivity contribution is 0.0729. The molecular weight excluding hydrogens is 438 g/mol. The molecule has 2 aromatic heterocycles. The van der Waals surface area contributed by atoms with Gasteiger partial charge in [0.2, 0.25) is 0 Å². The molecule has 5 rings (SSSR count). The maximum atomic E-state index is 13.3. The fourth-order valence-electron chi connectivity index (χ4n) is 4.24. The molecule has 0 spiro atoms. The first-order valence-electron chi connectivity index (χ1n) is 10.7. The number of hydrogen-bond donors (Lipinski definition) is 0. The largest absolute Gasteiger partial charge is 0.328 e. The number of amides is 1. The molecule has 1 aliphatic rings. The number of rotatable bonds is 5. The first kappa shape index (κ1) is 21.1. The van der Waals surface area contributed by atoms with Crippen molar-refractivity contribution in [2.75, 3.05) is 17.9 Å². The van der Waals surface area contributed by atoms with Crippen LogP contribution >= 0.6 is 0 Å². The third kappa shape index (κ3) is 3.74. The van der Waals surface area contributed by atoms with Gasteiger partial charge in [-0.3, -0.25) is 13.5 Å². The summed E-state index contributed by atoms with van der Waals surface area (Å²) in [7, 11) is -2.22. The molecule has 0 N–H and O–H groups in total. The number of sulfonamides is 1. The van der Waals surface area contributed by atoms with Crippen molar-refractivity contribution < 1.29 is 13.2 Å². The molecule has 1 saturated heterocycles. The molecule has 2 aromatic carbocycles. The van der Waals surface area contributed by atoms with Gasteiger partial charge in [0.05, 0.1) is 16.6 Å². The second kappa shape index (κ2) is 8.32. The summed E-state index contributed by atoms with van der Waals surface area (Å²) >= 11 is 0. The molecule has 4 aromatic rings. The van der Waals surface area contributed by atoms with E-state index in [2.05, 4.69) is 10.2 Å². The molecular formula is C24H23N5O3S. The average Bonchev–Trinajstić information content (AvgIpc) is 3.50. The van der Waals surface area contributed by atoms with Gasteiger partial charge in [0.1, 0.15) is 0 Å². The number of anilines is 1. The zero-order chi connectivity index (χ0) is 23.0. The molecule has 0 bridgehead atoms. The highest BCUT2D eigenvalue weighted by Gasteiger charge is 2.34. The maximum Gasteiger partial charge on any atom is 0.264 e. The Balaban J connectivity index is 1.39. The first-order chi connectivity index (χ1) is 16.0. The van der Waals surface area contributed by atoms with Crippen LogP contribution in [0.5, 0.6) is 0 Å². The third-order valence-electron chi connectivity index (χ3n) is 6.03. The number of para-hydroxylation sites is 1. The highest BCUT2D eigenvalue weighted by atomic mass is 32.2. The predicted octanol–water partition coefficient (Wildman–Crippen LogP) is 3.53. The number of carbonyl (C=O) groups is 1. The van der Waals surface area contributed by atoms with Crippen molar-refractivity contribution in [2.24, 2.45) is 0 Å². The van der Waals surface area contributed by atoms with Gasteiger partial charge in [0.15, 0.2) is 11.5 Å². The van der Waals surface area contributed by atoms with E-state index in [1.807, 2.05) is 34.9 Å². The highest BCUT2D eigenvalue weighted by molar-refractivity contribution is 7.92. The molecule has 0 unspecified atom stereocenters. The van der Waals surface area contributed by atoms with Gasteiger partial charge in [0, 0.05) is 25.4 Å². The zero-order valence-electron chi connectivity index (χ0n) is 18.1. The number of nitrogens with zero attached hydrogens (tertiary/aromatic N) is 5. The lowest BCUT2D eigenvalue weighted by atomic mass is 10.1. The number of hydrogen-bond acceptors (Lipinski definition) is 5. The predicted molar refractivity (Wildman–Crippen MR) is 124 cm³/mol. The molecule has 1 aliphatic heterocycles. The second-order valence-corrected chi connectivity index (χ2v) is 9.95. The Hall–Kier alpha value is -3.72. The van der Waals surface area contributed by atoms with E-state index >= 15 is 0 Å². The minimum absolute atomic E-state index is 0.131. The summed E-state index contributed by atoms with van der Waals surface area (Å²) in [4.78, 5) is 15.2. The van der Waals surface area contributed by atoms with Crippen LogP contribution in [0.2, 0.25) is 0 Å². The molecule has 0 radical (unpaired) electrons. The quantitative estimate of drug-likeness (QED) is 0.454. The van der Waals surface area contributed by atoms with Crippen LogP contribution in [0.4, 0.5) is 5.69 Å². The van der Waals surface area contributed by atoms with Gasteiger partial charge in [0.25, 0.3) is 15.9 Å². The van der Waals surface area contributed by atoms with E-state index in [9.17, 15) is 13.2 Å². The standard InChI is InChI=1S/C24H23N5O3S/c1-27(19-8-3-2-4-9-19)33(31,32)20-14-12-18(13-15-20)24(30)28-17-7-10-21(28)23-26-25-22-11-5-6-16-29(22)23/h2-6,8-9,11-16,21H,7,10,17H2,1H3/t21-/m0/s1. The van der Waals surface area contributed by atoms with Gasteiger partial charge < -0.3 is 4.90 Å². The van der Waals surface area contributed by atoms with Crippen LogP contribution in [0, 0.1) is 0 Å². The smallest absolute Gasteiger partial charge is 0.264 e. The van der Waals surface area contributed by atoms with Crippen molar-refractivity contribution in [3.8, 4) is 0 Å². The van der Waals surface area contributed by atoms with Gasteiger partial charge in [-0.25, -0.2) is 8.42 Å². The van der Waals surface area contributed by atoms with E-state index in [0.717, 1.165) is 24.3 Å². The van der Waals surface area contributed by atoms with E-state index in [0.29, 0.717) is 17.8 Å². The van der Waals surface area contributed by atoms with Crippen LogP contribution in [-0.4, -0.2) is 47.4 Å². The van der Waals surface area contributed by atoms with Crippen LogP contribution in [0.15, 0.2) is 83.9 Å². The minimum Gasteiger partial charge on any atom is -0.328 e. The molecule has 1 fully saturated rings. The Labute approximate surface area is 192 Å².